The standard InChI is InChI=1S/C15H19ClN2O3/c1-3-21-15(19)7-9-18-13-5-4-11(20-2)10-12(13)17-14(18)6-8-16/h4-5,10H,3,6-9H2,1-2H3. The van der Waals surface area contributed by atoms with Crippen LogP contribution in [0.25, 0.3) is 11.0 Å². The van der Waals surface area contributed by atoms with E-state index in [0.717, 1.165) is 22.6 Å². The molecule has 1 aromatic carbocycles. The highest BCUT2D eigenvalue weighted by Crippen LogP contribution is 2.22. The van der Waals surface area contributed by atoms with Crippen LogP contribution >= 0.6 is 11.6 Å². The van der Waals surface area contributed by atoms with Crippen LogP contribution in [0.3, 0.4) is 0 Å². The van der Waals surface area contributed by atoms with Crippen LogP contribution in [0.15, 0.2) is 18.2 Å². The fraction of sp³-hybridized carbons (Fsp3) is 0.467. The van der Waals surface area contributed by atoms with Crippen molar-refractivity contribution in [1.82, 2.24) is 9.55 Å². The molecular formula is C15H19ClN2O3. The lowest BCUT2D eigenvalue weighted by molar-refractivity contribution is -0.143. The number of fused-ring (bicyclic) bond motifs is 1. The molecule has 0 fully saturated rings. The van der Waals surface area contributed by atoms with Gasteiger partial charge in [-0.3, -0.25) is 4.79 Å². The van der Waals surface area contributed by atoms with E-state index in [1.807, 2.05) is 22.8 Å². The van der Waals surface area contributed by atoms with E-state index in [4.69, 9.17) is 21.1 Å². The van der Waals surface area contributed by atoms with E-state index in [0.29, 0.717) is 31.9 Å². The van der Waals surface area contributed by atoms with Gasteiger partial charge in [0, 0.05) is 24.9 Å². The zero-order chi connectivity index (χ0) is 15.2. The van der Waals surface area contributed by atoms with E-state index >= 15 is 0 Å². The summed E-state index contributed by atoms with van der Waals surface area (Å²) in [6.45, 7) is 2.73. The van der Waals surface area contributed by atoms with E-state index in [-0.39, 0.29) is 5.97 Å². The molecule has 0 saturated carbocycles. The summed E-state index contributed by atoms with van der Waals surface area (Å²) >= 11 is 5.84. The van der Waals surface area contributed by atoms with Crippen LogP contribution in [0, 0.1) is 0 Å². The van der Waals surface area contributed by atoms with E-state index in [1.165, 1.54) is 0 Å². The summed E-state index contributed by atoms with van der Waals surface area (Å²) < 4.78 is 12.2. The van der Waals surface area contributed by atoms with E-state index < -0.39 is 0 Å². The second-order valence-corrected chi connectivity index (χ2v) is 4.91. The summed E-state index contributed by atoms with van der Waals surface area (Å²) in [6.07, 6.45) is 0.974. The van der Waals surface area contributed by atoms with Gasteiger partial charge in [-0.1, -0.05) is 0 Å². The lowest BCUT2D eigenvalue weighted by Crippen LogP contribution is -2.11. The van der Waals surface area contributed by atoms with Crippen molar-refractivity contribution < 1.29 is 14.3 Å². The van der Waals surface area contributed by atoms with Gasteiger partial charge < -0.3 is 14.0 Å². The molecule has 1 heterocycles. The molecule has 0 radical (unpaired) electrons. The first-order valence-electron chi connectivity index (χ1n) is 6.94. The average molecular weight is 311 g/mol. The van der Waals surface area contributed by atoms with E-state index in [9.17, 15) is 4.79 Å². The summed E-state index contributed by atoms with van der Waals surface area (Å²) in [5.74, 6) is 1.91. The highest BCUT2D eigenvalue weighted by molar-refractivity contribution is 6.17. The summed E-state index contributed by atoms with van der Waals surface area (Å²) in [7, 11) is 1.62. The number of hydrogen-bond donors (Lipinski definition) is 0. The first-order chi connectivity index (χ1) is 10.2. The van der Waals surface area contributed by atoms with Crippen molar-refractivity contribution >= 4 is 28.6 Å². The van der Waals surface area contributed by atoms with Gasteiger partial charge in [0.2, 0.25) is 0 Å². The number of hydrogen-bond acceptors (Lipinski definition) is 4. The first-order valence-corrected chi connectivity index (χ1v) is 7.47. The number of carbonyl (C=O) groups is 1. The minimum Gasteiger partial charge on any atom is -0.497 e. The molecule has 0 aliphatic rings. The van der Waals surface area contributed by atoms with Gasteiger partial charge in [0.15, 0.2) is 0 Å². The number of benzene rings is 1. The van der Waals surface area contributed by atoms with Crippen molar-refractivity contribution in [2.75, 3.05) is 19.6 Å². The second kappa shape index (κ2) is 7.31. The number of rotatable bonds is 7. The zero-order valence-corrected chi connectivity index (χ0v) is 13.0. The Morgan fingerprint density at radius 2 is 2.24 bits per heavy atom. The number of halogens is 1. The van der Waals surface area contributed by atoms with Crippen molar-refractivity contribution in [3.05, 3.63) is 24.0 Å². The van der Waals surface area contributed by atoms with Crippen molar-refractivity contribution in [1.29, 1.82) is 0 Å². The third-order valence-corrected chi connectivity index (χ3v) is 3.39. The molecule has 0 saturated heterocycles. The van der Waals surface area contributed by atoms with Crippen molar-refractivity contribution in [3.63, 3.8) is 0 Å². The first kappa shape index (κ1) is 15.6. The largest absolute Gasteiger partial charge is 0.497 e. The van der Waals surface area contributed by atoms with Gasteiger partial charge in [0.25, 0.3) is 0 Å². The molecule has 0 aliphatic heterocycles. The van der Waals surface area contributed by atoms with Crippen LogP contribution in [-0.2, 0) is 22.5 Å². The number of aromatic nitrogens is 2. The summed E-state index contributed by atoms with van der Waals surface area (Å²) in [6, 6.07) is 5.72. The maximum absolute atomic E-state index is 11.5. The van der Waals surface area contributed by atoms with Gasteiger partial charge in [-0.15, -0.1) is 11.6 Å². The number of imidazole rings is 1. The molecule has 21 heavy (non-hydrogen) atoms. The molecule has 0 amide bonds. The SMILES string of the molecule is CCOC(=O)CCn1c(CCCl)nc2cc(OC)ccc21. The van der Waals surface area contributed by atoms with Gasteiger partial charge in [-0.25, -0.2) is 4.98 Å². The Labute approximate surface area is 128 Å². The van der Waals surface area contributed by atoms with Crippen LogP contribution in [0.1, 0.15) is 19.2 Å². The molecule has 0 bridgehead atoms. The Bertz CT molecular complexity index is 625. The minimum atomic E-state index is -0.204. The Hall–Kier alpha value is -1.75. The summed E-state index contributed by atoms with van der Waals surface area (Å²) in [5, 5.41) is 0. The minimum absolute atomic E-state index is 0.204. The van der Waals surface area contributed by atoms with Crippen molar-refractivity contribution in [2.24, 2.45) is 0 Å². The normalized spacial score (nSPS) is 10.8. The van der Waals surface area contributed by atoms with E-state index in [1.54, 1.807) is 14.0 Å². The molecule has 6 heteroatoms. The summed E-state index contributed by atoms with van der Waals surface area (Å²) in [5.41, 5.74) is 1.82. The van der Waals surface area contributed by atoms with Crippen LogP contribution in [0.5, 0.6) is 5.75 Å². The molecule has 0 aliphatic carbocycles. The number of esters is 1. The molecule has 114 valence electrons. The summed E-state index contributed by atoms with van der Waals surface area (Å²) in [4.78, 5) is 16.1. The molecule has 0 unspecified atom stereocenters. The molecule has 2 aromatic rings. The topological polar surface area (TPSA) is 53.4 Å². The second-order valence-electron chi connectivity index (χ2n) is 4.53. The number of methoxy groups -OCH3 is 1. The molecule has 0 N–H and O–H groups in total. The number of aryl methyl sites for hydroxylation is 2. The lowest BCUT2D eigenvalue weighted by Gasteiger charge is -2.08. The molecule has 5 nitrogen and oxygen atoms in total. The van der Waals surface area contributed by atoms with Gasteiger partial charge >= 0.3 is 5.97 Å². The molecule has 1 aromatic heterocycles. The number of carbonyl (C=O) groups excluding carboxylic acids is 1. The maximum Gasteiger partial charge on any atom is 0.307 e. The van der Waals surface area contributed by atoms with Gasteiger partial charge in [-0.2, -0.15) is 0 Å². The molecule has 0 spiro atoms. The highest BCUT2D eigenvalue weighted by atomic mass is 35.5. The monoisotopic (exact) mass is 310 g/mol. The van der Waals surface area contributed by atoms with Crippen LogP contribution in [0.4, 0.5) is 0 Å². The van der Waals surface area contributed by atoms with E-state index in [2.05, 4.69) is 4.98 Å². The Morgan fingerprint density at radius 1 is 1.43 bits per heavy atom. The smallest absolute Gasteiger partial charge is 0.307 e. The van der Waals surface area contributed by atoms with Crippen molar-refractivity contribution in [3.8, 4) is 5.75 Å². The Kier molecular flexibility index (Phi) is 5.44. The number of nitrogens with zero attached hydrogens (tertiary/aromatic N) is 2. The average Bonchev–Trinajstić information content (AvgIpc) is 2.82. The lowest BCUT2D eigenvalue weighted by atomic mass is 10.3. The van der Waals surface area contributed by atoms with Crippen LogP contribution in [-0.4, -0.2) is 35.1 Å². The van der Waals surface area contributed by atoms with Gasteiger partial charge in [0.1, 0.15) is 11.6 Å². The van der Waals surface area contributed by atoms with Crippen LogP contribution in [0.2, 0.25) is 0 Å². The quantitative estimate of drug-likeness (QED) is 0.583. The van der Waals surface area contributed by atoms with Crippen molar-refractivity contribution in [2.45, 2.75) is 26.3 Å². The molecular weight excluding hydrogens is 292 g/mol. The molecule has 0 atom stereocenters. The predicted octanol–water partition coefficient (Wildman–Crippen LogP) is 2.78. The predicted molar refractivity (Wildman–Crippen MR) is 82.0 cm³/mol. The Balaban J connectivity index is 2.30. The van der Waals surface area contributed by atoms with Gasteiger partial charge in [-0.05, 0) is 19.1 Å². The molecule has 2 rings (SSSR count). The fourth-order valence-corrected chi connectivity index (χ4v) is 2.42. The zero-order valence-electron chi connectivity index (χ0n) is 12.3. The Morgan fingerprint density at radius 3 is 2.90 bits per heavy atom. The maximum atomic E-state index is 11.5. The third kappa shape index (κ3) is 3.67. The third-order valence-electron chi connectivity index (χ3n) is 3.20. The van der Waals surface area contributed by atoms with Crippen LogP contribution < -0.4 is 4.74 Å². The number of alkyl halides is 1. The fourth-order valence-electron chi connectivity index (χ4n) is 2.25. The van der Waals surface area contributed by atoms with Gasteiger partial charge in [0.05, 0.1) is 31.2 Å². The number of ether oxygens (including phenoxy) is 2. The highest BCUT2D eigenvalue weighted by Gasteiger charge is 2.13.